The van der Waals surface area contributed by atoms with Gasteiger partial charge in [0.25, 0.3) is 5.91 Å². The number of carboxylic acid groups (broad SMARTS) is 1. The SMILES string of the molecule is COC(CNC(=O)c1ccc(Cl)c(F)c1)CC(=O)O. The van der Waals surface area contributed by atoms with Crippen LogP contribution >= 0.6 is 11.6 Å². The zero-order valence-electron chi connectivity index (χ0n) is 10.2. The van der Waals surface area contributed by atoms with Gasteiger partial charge in [-0.05, 0) is 18.2 Å². The molecule has 0 heterocycles. The highest BCUT2D eigenvalue weighted by atomic mass is 35.5. The number of halogens is 2. The Kier molecular flexibility index (Phi) is 5.72. The number of carboxylic acids is 1. The molecular formula is C12H13ClFNO4. The van der Waals surface area contributed by atoms with Crippen molar-refractivity contribution in [2.75, 3.05) is 13.7 Å². The highest BCUT2D eigenvalue weighted by Crippen LogP contribution is 2.15. The molecule has 0 radical (unpaired) electrons. The molecule has 0 bridgehead atoms. The van der Waals surface area contributed by atoms with Gasteiger partial charge in [0.15, 0.2) is 0 Å². The number of benzene rings is 1. The molecule has 0 aliphatic heterocycles. The number of nitrogens with one attached hydrogen (secondary N) is 1. The largest absolute Gasteiger partial charge is 0.481 e. The minimum atomic E-state index is -1.03. The van der Waals surface area contributed by atoms with Gasteiger partial charge in [-0.3, -0.25) is 9.59 Å². The van der Waals surface area contributed by atoms with E-state index >= 15 is 0 Å². The summed E-state index contributed by atoms with van der Waals surface area (Å²) in [5.74, 6) is -2.25. The second kappa shape index (κ2) is 7.06. The van der Waals surface area contributed by atoms with Crippen molar-refractivity contribution in [3.8, 4) is 0 Å². The molecular weight excluding hydrogens is 277 g/mol. The first kappa shape index (κ1) is 15.4. The van der Waals surface area contributed by atoms with E-state index in [0.717, 1.165) is 6.07 Å². The van der Waals surface area contributed by atoms with Gasteiger partial charge in [-0.2, -0.15) is 0 Å². The minimum Gasteiger partial charge on any atom is -0.481 e. The number of aliphatic carboxylic acids is 1. The predicted molar refractivity (Wildman–Crippen MR) is 66.8 cm³/mol. The molecule has 19 heavy (non-hydrogen) atoms. The topological polar surface area (TPSA) is 75.6 Å². The number of ether oxygens (including phenoxy) is 1. The summed E-state index contributed by atoms with van der Waals surface area (Å²) in [6.45, 7) is 0.0197. The quantitative estimate of drug-likeness (QED) is 0.836. The van der Waals surface area contributed by atoms with Crippen LogP contribution < -0.4 is 5.32 Å². The number of hydrogen-bond acceptors (Lipinski definition) is 3. The Hall–Kier alpha value is -1.66. The van der Waals surface area contributed by atoms with Crippen LogP contribution in [0.3, 0.4) is 0 Å². The second-order valence-electron chi connectivity index (χ2n) is 3.79. The van der Waals surface area contributed by atoms with E-state index in [0.29, 0.717) is 0 Å². The summed E-state index contributed by atoms with van der Waals surface area (Å²) >= 11 is 5.50. The van der Waals surface area contributed by atoms with Gasteiger partial charge in [-0.25, -0.2) is 4.39 Å². The van der Waals surface area contributed by atoms with E-state index in [4.69, 9.17) is 21.4 Å². The maximum absolute atomic E-state index is 13.2. The number of rotatable bonds is 6. The molecule has 104 valence electrons. The third-order valence-corrected chi connectivity index (χ3v) is 2.71. The Labute approximate surface area is 114 Å². The first-order valence-corrected chi connectivity index (χ1v) is 5.79. The molecule has 1 atom stereocenters. The molecule has 0 aromatic heterocycles. The molecule has 1 aromatic rings. The number of carbonyl (C=O) groups is 2. The lowest BCUT2D eigenvalue weighted by molar-refractivity contribution is -0.139. The molecule has 1 unspecified atom stereocenters. The molecule has 0 aliphatic carbocycles. The number of hydrogen-bond donors (Lipinski definition) is 2. The van der Waals surface area contributed by atoms with Gasteiger partial charge < -0.3 is 15.2 Å². The molecule has 0 spiro atoms. The van der Waals surface area contributed by atoms with Gasteiger partial charge in [-0.1, -0.05) is 11.6 Å². The molecule has 1 rings (SSSR count). The highest BCUT2D eigenvalue weighted by molar-refractivity contribution is 6.30. The van der Waals surface area contributed by atoms with Crippen LogP contribution in [0.5, 0.6) is 0 Å². The highest BCUT2D eigenvalue weighted by Gasteiger charge is 2.15. The third kappa shape index (κ3) is 4.84. The summed E-state index contributed by atoms with van der Waals surface area (Å²) in [7, 11) is 1.35. The molecule has 1 aromatic carbocycles. The number of carbonyl (C=O) groups excluding carboxylic acids is 1. The van der Waals surface area contributed by atoms with Crippen molar-refractivity contribution in [1.82, 2.24) is 5.32 Å². The third-order valence-electron chi connectivity index (χ3n) is 2.41. The van der Waals surface area contributed by atoms with Crippen LogP contribution in [0.4, 0.5) is 4.39 Å². The normalized spacial score (nSPS) is 11.9. The smallest absolute Gasteiger partial charge is 0.306 e. The zero-order chi connectivity index (χ0) is 14.4. The van der Waals surface area contributed by atoms with Gasteiger partial charge in [0.2, 0.25) is 0 Å². The van der Waals surface area contributed by atoms with E-state index in [-0.39, 0.29) is 23.6 Å². The van der Waals surface area contributed by atoms with Crippen molar-refractivity contribution < 1.29 is 23.8 Å². The van der Waals surface area contributed by atoms with Gasteiger partial charge >= 0.3 is 5.97 Å². The Morgan fingerprint density at radius 2 is 2.21 bits per heavy atom. The monoisotopic (exact) mass is 289 g/mol. The van der Waals surface area contributed by atoms with E-state index in [1.807, 2.05) is 0 Å². The molecule has 0 saturated heterocycles. The Balaban J connectivity index is 2.59. The van der Waals surface area contributed by atoms with Gasteiger partial charge in [0, 0.05) is 19.2 Å². The van der Waals surface area contributed by atoms with E-state index < -0.39 is 23.8 Å². The fourth-order valence-corrected chi connectivity index (χ4v) is 1.50. The molecule has 7 heteroatoms. The van der Waals surface area contributed by atoms with Crippen molar-refractivity contribution in [2.24, 2.45) is 0 Å². The summed E-state index contributed by atoms with van der Waals surface area (Å²) in [5, 5.41) is 11.0. The fourth-order valence-electron chi connectivity index (χ4n) is 1.38. The molecule has 5 nitrogen and oxygen atoms in total. The summed E-state index contributed by atoms with van der Waals surface area (Å²) in [4.78, 5) is 22.2. The van der Waals surface area contributed by atoms with Crippen LogP contribution in [0.15, 0.2) is 18.2 Å². The average Bonchev–Trinajstić information content (AvgIpc) is 2.36. The Morgan fingerprint density at radius 1 is 1.53 bits per heavy atom. The lowest BCUT2D eigenvalue weighted by Gasteiger charge is -2.14. The van der Waals surface area contributed by atoms with Gasteiger partial charge in [0.05, 0.1) is 17.5 Å². The maximum atomic E-state index is 13.2. The number of methoxy groups -OCH3 is 1. The van der Waals surface area contributed by atoms with Crippen LogP contribution in [0.2, 0.25) is 5.02 Å². The maximum Gasteiger partial charge on any atom is 0.306 e. The van der Waals surface area contributed by atoms with E-state index in [2.05, 4.69) is 5.32 Å². The Morgan fingerprint density at radius 3 is 2.74 bits per heavy atom. The van der Waals surface area contributed by atoms with Crippen LogP contribution in [0.25, 0.3) is 0 Å². The second-order valence-corrected chi connectivity index (χ2v) is 4.20. The van der Waals surface area contributed by atoms with Crippen LogP contribution in [-0.2, 0) is 9.53 Å². The van der Waals surface area contributed by atoms with Crippen molar-refractivity contribution >= 4 is 23.5 Å². The molecule has 0 saturated carbocycles. The zero-order valence-corrected chi connectivity index (χ0v) is 10.9. The molecule has 2 N–H and O–H groups in total. The summed E-state index contributed by atoms with van der Waals surface area (Å²) in [5.41, 5.74) is 0.104. The summed E-state index contributed by atoms with van der Waals surface area (Å²) in [6, 6.07) is 3.66. The fraction of sp³-hybridized carbons (Fsp3) is 0.333. The van der Waals surface area contributed by atoms with E-state index in [9.17, 15) is 14.0 Å². The van der Waals surface area contributed by atoms with E-state index in [1.165, 1.54) is 19.2 Å². The molecule has 0 aliphatic rings. The van der Waals surface area contributed by atoms with E-state index in [1.54, 1.807) is 0 Å². The number of amides is 1. The van der Waals surface area contributed by atoms with Gasteiger partial charge in [-0.15, -0.1) is 0 Å². The first-order valence-electron chi connectivity index (χ1n) is 5.42. The Bertz CT molecular complexity index is 481. The molecule has 1 amide bonds. The average molecular weight is 290 g/mol. The van der Waals surface area contributed by atoms with Crippen LogP contribution in [-0.4, -0.2) is 36.7 Å². The van der Waals surface area contributed by atoms with Crippen molar-refractivity contribution in [3.63, 3.8) is 0 Å². The van der Waals surface area contributed by atoms with Crippen molar-refractivity contribution in [2.45, 2.75) is 12.5 Å². The van der Waals surface area contributed by atoms with Crippen molar-refractivity contribution in [3.05, 3.63) is 34.6 Å². The lowest BCUT2D eigenvalue weighted by atomic mass is 10.2. The standard InChI is InChI=1S/C12H13ClFNO4/c1-19-8(5-11(16)17)6-15-12(18)7-2-3-9(13)10(14)4-7/h2-4,8H,5-6H2,1H3,(H,15,18)(H,16,17). The predicted octanol–water partition coefficient (Wildman–Crippen LogP) is 1.70. The molecule has 0 fully saturated rings. The lowest BCUT2D eigenvalue weighted by Crippen LogP contribution is -2.34. The minimum absolute atomic E-state index is 0.0197. The summed E-state index contributed by atoms with van der Waals surface area (Å²) in [6.07, 6.45) is -0.871. The first-order chi connectivity index (χ1) is 8.93. The van der Waals surface area contributed by atoms with Crippen LogP contribution in [0, 0.1) is 5.82 Å². The van der Waals surface area contributed by atoms with Crippen molar-refractivity contribution in [1.29, 1.82) is 0 Å². The summed E-state index contributed by atoms with van der Waals surface area (Å²) < 4.78 is 18.1. The van der Waals surface area contributed by atoms with Crippen LogP contribution in [0.1, 0.15) is 16.8 Å². The van der Waals surface area contributed by atoms with Gasteiger partial charge in [0.1, 0.15) is 5.82 Å².